The molecule has 0 rings (SSSR count). The summed E-state index contributed by atoms with van der Waals surface area (Å²) in [6.45, 7) is 2.16. The van der Waals surface area contributed by atoms with Gasteiger partial charge in [0.05, 0.1) is 0 Å². The van der Waals surface area contributed by atoms with Crippen LogP contribution in [0.1, 0.15) is 0 Å². The molecule has 0 aliphatic rings. The van der Waals surface area contributed by atoms with Crippen LogP contribution in [0.2, 0.25) is 0 Å². The van der Waals surface area contributed by atoms with Gasteiger partial charge in [0, 0.05) is 6.08 Å². The second-order valence-corrected chi connectivity index (χ2v) is 1.82. The molecule has 0 aromatic carbocycles. The smallest absolute Gasteiger partial charge is 0.331 e. The van der Waals surface area contributed by atoms with Crippen molar-refractivity contribution in [1.82, 2.24) is 4.90 Å². The fourth-order valence-electron chi connectivity index (χ4n) is 0.375. The number of hydrogen-bond acceptors (Lipinski definition) is 4. The van der Waals surface area contributed by atoms with E-state index in [1.807, 2.05) is 0 Å². The van der Waals surface area contributed by atoms with Crippen molar-refractivity contribution < 1.29 is 19.4 Å². The van der Waals surface area contributed by atoms with Crippen LogP contribution < -0.4 is 5.73 Å². The number of rotatable bonds is 4. The fraction of sp³-hybridized carbons (Fsp3) is 0.333. The van der Waals surface area contributed by atoms with Crippen LogP contribution in [0.25, 0.3) is 0 Å². The molecule has 0 aliphatic carbocycles. The number of ether oxygens (including phenoxy) is 1. The van der Waals surface area contributed by atoms with Crippen LogP contribution in [0.4, 0.5) is 4.79 Å². The Labute approximate surface area is 69.2 Å². The van der Waals surface area contributed by atoms with Gasteiger partial charge in [-0.1, -0.05) is 6.58 Å². The normalized spacial score (nSPS) is 8.75. The number of urea groups is 1. The van der Waals surface area contributed by atoms with Gasteiger partial charge in [-0.2, -0.15) is 0 Å². The summed E-state index contributed by atoms with van der Waals surface area (Å²) in [4.78, 5) is 21.6. The van der Waals surface area contributed by atoms with E-state index in [1.165, 1.54) is 0 Å². The first-order chi connectivity index (χ1) is 5.61. The quantitative estimate of drug-likeness (QED) is 0.325. The summed E-state index contributed by atoms with van der Waals surface area (Å²) in [6.07, 6.45) is 0.941. The number of primary amides is 1. The maximum Gasteiger partial charge on any atom is 0.331 e. The van der Waals surface area contributed by atoms with Crippen LogP contribution in [0, 0.1) is 0 Å². The number of aliphatic hydroxyl groups is 1. The standard InChI is InChI=1S/C6H10N2O4/c1-2-5(10)12-4-8(3-9)6(7)11/h2,9H,1,3-4H2,(H2,7,11). The van der Waals surface area contributed by atoms with Crippen LogP contribution in [-0.4, -0.2) is 35.5 Å². The van der Waals surface area contributed by atoms with Gasteiger partial charge in [-0.25, -0.2) is 9.59 Å². The van der Waals surface area contributed by atoms with E-state index in [0.29, 0.717) is 0 Å². The Bertz CT molecular complexity index is 192. The molecular formula is C6H10N2O4. The molecule has 0 aliphatic heterocycles. The Balaban J connectivity index is 3.80. The van der Waals surface area contributed by atoms with Crippen LogP contribution in [-0.2, 0) is 9.53 Å². The molecule has 0 unspecified atom stereocenters. The third-order valence-corrected chi connectivity index (χ3v) is 1.01. The van der Waals surface area contributed by atoms with E-state index in [-0.39, 0.29) is 6.73 Å². The van der Waals surface area contributed by atoms with Gasteiger partial charge in [-0.3, -0.25) is 4.90 Å². The van der Waals surface area contributed by atoms with E-state index in [9.17, 15) is 9.59 Å². The second-order valence-electron chi connectivity index (χ2n) is 1.82. The SMILES string of the molecule is C=CC(=O)OCN(CO)C(N)=O. The Morgan fingerprint density at radius 3 is 2.58 bits per heavy atom. The summed E-state index contributed by atoms with van der Waals surface area (Å²) < 4.78 is 4.41. The van der Waals surface area contributed by atoms with Crippen molar-refractivity contribution in [2.75, 3.05) is 13.5 Å². The summed E-state index contributed by atoms with van der Waals surface area (Å²) >= 11 is 0. The minimum atomic E-state index is -0.866. The van der Waals surface area contributed by atoms with Gasteiger partial charge in [0.2, 0.25) is 0 Å². The minimum absolute atomic E-state index is 0.378. The van der Waals surface area contributed by atoms with E-state index in [2.05, 4.69) is 11.3 Å². The Morgan fingerprint density at radius 1 is 1.67 bits per heavy atom. The van der Waals surface area contributed by atoms with E-state index in [4.69, 9.17) is 10.8 Å². The molecule has 0 fully saturated rings. The molecule has 0 aromatic rings. The molecule has 0 radical (unpaired) electrons. The average Bonchev–Trinajstić information content (AvgIpc) is 2.04. The van der Waals surface area contributed by atoms with Gasteiger partial charge in [-0.05, 0) is 0 Å². The molecule has 0 saturated heterocycles. The summed E-state index contributed by atoms with van der Waals surface area (Å²) in [5.74, 6) is -0.685. The van der Waals surface area contributed by atoms with E-state index >= 15 is 0 Å². The number of esters is 1. The average molecular weight is 174 g/mol. The van der Waals surface area contributed by atoms with Crippen LogP contribution in [0.15, 0.2) is 12.7 Å². The van der Waals surface area contributed by atoms with Crippen molar-refractivity contribution in [3.8, 4) is 0 Å². The highest BCUT2D eigenvalue weighted by atomic mass is 16.5. The van der Waals surface area contributed by atoms with E-state index < -0.39 is 18.7 Å². The maximum atomic E-state index is 10.5. The fourth-order valence-corrected chi connectivity index (χ4v) is 0.375. The lowest BCUT2D eigenvalue weighted by Crippen LogP contribution is -2.38. The first kappa shape index (κ1) is 10.4. The topological polar surface area (TPSA) is 92.9 Å². The van der Waals surface area contributed by atoms with Gasteiger partial charge in [0.25, 0.3) is 0 Å². The van der Waals surface area contributed by atoms with Gasteiger partial charge in [0.15, 0.2) is 6.73 Å². The molecule has 0 saturated carbocycles. The number of nitrogens with zero attached hydrogens (tertiary/aromatic N) is 1. The minimum Gasteiger partial charge on any atom is -0.441 e. The van der Waals surface area contributed by atoms with Gasteiger partial charge >= 0.3 is 12.0 Å². The molecule has 0 atom stereocenters. The molecule has 0 spiro atoms. The number of hydrogen-bond donors (Lipinski definition) is 2. The summed E-state index contributed by atoms with van der Waals surface area (Å²) in [5.41, 5.74) is 4.78. The van der Waals surface area contributed by atoms with Crippen molar-refractivity contribution >= 4 is 12.0 Å². The first-order valence-electron chi connectivity index (χ1n) is 3.06. The Kier molecular flexibility index (Phi) is 4.47. The Morgan fingerprint density at radius 2 is 2.25 bits per heavy atom. The molecule has 12 heavy (non-hydrogen) atoms. The predicted molar refractivity (Wildman–Crippen MR) is 39.7 cm³/mol. The molecule has 2 amide bonds. The number of nitrogens with two attached hydrogens (primary N) is 1. The third-order valence-electron chi connectivity index (χ3n) is 1.01. The molecule has 6 heteroatoms. The number of amides is 2. The van der Waals surface area contributed by atoms with Crippen LogP contribution >= 0.6 is 0 Å². The number of carbonyl (C=O) groups is 2. The van der Waals surface area contributed by atoms with Crippen molar-refractivity contribution in [3.63, 3.8) is 0 Å². The van der Waals surface area contributed by atoms with Crippen molar-refractivity contribution in [2.45, 2.75) is 0 Å². The van der Waals surface area contributed by atoms with E-state index in [1.54, 1.807) is 0 Å². The zero-order chi connectivity index (χ0) is 9.56. The molecule has 3 N–H and O–H groups in total. The summed E-state index contributed by atoms with van der Waals surface area (Å²) in [6, 6.07) is -0.866. The highest BCUT2D eigenvalue weighted by Gasteiger charge is 2.08. The number of aliphatic hydroxyl groups excluding tert-OH is 1. The molecule has 6 nitrogen and oxygen atoms in total. The van der Waals surface area contributed by atoms with Crippen LogP contribution in [0.5, 0.6) is 0 Å². The largest absolute Gasteiger partial charge is 0.441 e. The van der Waals surface area contributed by atoms with Crippen molar-refractivity contribution in [3.05, 3.63) is 12.7 Å². The highest BCUT2D eigenvalue weighted by molar-refractivity contribution is 5.81. The van der Waals surface area contributed by atoms with Gasteiger partial charge in [-0.15, -0.1) is 0 Å². The second kappa shape index (κ2) is 5.14. The zero-order valence-electron chi connectivity index (χ0n) is 6.40. The Hall–Kier alpha value is -1.56. The third kappa shape index (κ3) is 3.57. The van der Waals surface area contributed by atoms with E-state index in [0.717, 1.165) is 11.0 Å². The summed E-state index contributed by atoms with van der Waals surface area (Å²) in [5, 5.41) is 8.49. The molecule has 0 bridgehead atoms. The highest BCUT2D eigenvalue weighted by Crippen LogP contribution is 1.87. The lowest BCUT2D eigenvalue weighted by molar-refractivity contribution is -0.142. The monoisotopic (exact) mass is 174 g/mol. The summed E-state index contributed by atoms with van der Waals surface area (Å²) in [7, 11) is 0. The number of carbonyl (C=O) groups excluding carboxylic acids is 2. The zero-order valence-corrected chi connectivity index (χ0v) is 6.40. The van der Waals surface area contributed by atoms with Gasteiger partial charge in [0.1, 0.15) is 6.73 Å². The van der Waals surface area contributed by atoms with Crippen LogP contribution in [0.3, 0.4) is 0 Å². The molecular weight excluding hydrogens is 164 g/mol. The predicted octanol–water partition coefficient (Wildman–Crippen LogP) is -0.996. The molecule has 0 aromatic heterocycles. The first-order valence-corrected chi connectivity index (χ1v) is 3.06. The van der Waals surface area contributed by atoms with Crippen molar-refractivity contribution in [1.29, 1.82) is 0 Å². The van der Waals surface area contributed by atoms with Gasteiger partial charge < -0.3 is 15.6 Å². The van der Waals surface area contributed by atoms with Crippen molar-refractivity contribution in [2.24, 2.45) is 5.73 Å². The molecule has 68 valence electrons. The molecule has 0 heterocycles. The maximum absolute atomic E-state index is 10.5. The lowest BCUT2D eigenvalue weighted by Gasteiger charge is -2.15. The lowest BCUT2D eigenvalue weighted by atomic mass is 10.7.